The average Bonchev–Trinajstić information content (AvgIpc) is 2.74. The van der Waals surface area contributed by atoms with Crippen molar-refractivity contribution in [1.29, 1.82) is 0 Å². The molecule has 2 nitrogen and oxygen atoms in total. The molecule has 0 bridgehead atoms. The molecule has 0 aliphatic carbocycles. The van der Waals surface area contributed by atoms with E-state index in [9.17, 15) is 0 Å². The molecule has 16 heavy (non-hydrogen) atoms. The summed E-state index contributed by atoms with van der Waals surface area (Å²) in [4.78, 5) is 4.54. The van der Waals surface area contributed by atoms with E-state index in [0.717, 1.165) is 19.4 Å². The molecule has 0 radical (unpaired) electrons. The lowest BCUT2D eigenvalue weighted by Crippen LogP contribution is -2.31. The fourth-order valence-corrected chi connectivity index (χ4v) is 2.27. The molecule has 0 spiro atoms. The molecule has 90 valence electrons. The number of aromatic nitrogens is 1. The summed E-state index contributed by atoms with van der Waals surface area (Å²) >= 11 is 1.75. The van der Waals surface area contributed by atoms with E-state index in [2.05, 4.69) is 43.0 Å². The van der Waals surface area contributed by atoms with Crippen molar-refractivity contribution >= 4 is 11.3 Å². The smallest absolute Gasteiger partial charge is 0.0926 e. The highest BCUT2D eigenvalue weighted by Crippen LogP contribution is 2.12. The van der Waals surface area contributed by atoms with Crippen LogP contribution in [-0.4, -0.2) is 11.0 Å². The largest absolute Gasteiger partial charge is 0.308 e. The Labute approximate surface area is 103 Å². The lowest BCUT2D eigenvalue weighted by molar-refractivity contribution is 0.400. The molecule has 0 saturated carbocycles. The second kappa shape index (κ2) is 6.81. The van der Waals surface area contributed by atoms with Gasteiger partial charge in [-0.05, 0) is 25.7 Å². The molecular formula is C13H22N2S. The van der Waals surface area contributed by atoms with Gasteiger partial charge in [0.1, 0.15) is 0 Å². The number of hydrogen-bond acceptors (Lipinski definition) is 3. The van der Waals surface area contributed by atoms with Crippen molar-refractivity contribution in [2.24, 2.45) is 5.92 Å². The van der Waals surface area contributed by atoms with Crippen molar-refractivity contribution < 1.29 is 0 Å². The lowest BCUT2D eigenvalue weighted by Gasteiger charge is -2.19. The van der Waals surface area contributed by atoms with Crippen LogP contribution in [0.25, 0.3) is 0 Å². The molecule has 1 heterocycles. The molecule has 0 aromatic carbocycles. The van der Waals surface area contributed by atoms with E-state index in [0.29, 0.717) is 12.0 Å². The molecule has 0 saturated heterocycles. The Hall–Kier alpha value is -0.670. The fourth-order valence-electron chi connectivity index (χ4n) is 1.53. The average molecular weight is 238 g/mol. The fraction of sp³-hybridized carbons (Fsp3) is 0.615. The summed E-state index contributed by atoms with van der Waals surface area (Å²) in [5.41, 5.74) is 1.17. The number of aryl methyl sites for hydroxylation is 1. The molecule has 1 aromatic heterocycles. The second-order valence-corrected chi connectivity index (χ2v) is 5.20. The number of hydrogen-bond donors (Lipinski definition) is 1. The third kappa shape index (κ3) is 4.06. The number of nitrogens with one attached hydrogen (secondary N) is 1. The Morgan fingerprint density at radius 1 is 1.56 bits per heavy atom. The van der Waals surface area contributed by atoms with Crippen molar-refractivity contribution in [2.75, 3.05) is 0 Å². The van der Waals surface area contributed by atoms with Crippen LogP contribution in [-0.2, 0) is 13.0 Å². The molecular weight excluding hydrogens is 216 g/mol. The summed E-state index contributed by atoms with van der Waals surface area (Å²) in [6.45, 7) is 11.3. The van der Waals surface area contributed by atoms with Gasteiger partial charge in [-0.3, -0.25) is 0 Å². The third-order valence-corrected chi connectivity index (χ3v) is 3.94. The number of rotatable bonds is 7. The van der Waals surface area contributed by atoms with Crippen LogP contribution >= 0.6 is 11.3 Å². The third-order valence-electron chi connectivity index (χ3n) is 2.90. The van der Waals surface area contributed by atoms with Crippen LogP contribution in [0, 0.1) is 5.92 Å². The van der Waals surface area contributed by atoms with Crippen LogP contribution in [0.4, 0.5) is 0 Å². The van der Waals surface area contributed by atoms with Crippen molar-refractivity contribution in [1.82, 2.24) is 10.3 Å². The van der Waals surface area contributed by atoms with Crippen LogP contribution in [0.1, 0.15) is 37.9 Å². The highest BCUT2D eigenvalue weighted by atomic mass is 32.1. The predicted octanol–water partition coefficient (Wildman–Crippen LogP) is 3.40. The molecule has 0 aliphatic rings. The van der Waals surface area contributed by atoms with Gasteiger partial charge in [-0.1, -0.05) is 19.9 Å². The lowest BCUT2D eigenvalue weighted by atomic mass is 10.00. The zero-order chi connectivity index (χ0) is 12.0. The van der Waals surface area contributed by atoms with Gasteiger partial charge in [0.25, 0.3) is 0 Å². The van der Waals surface area contributed by atoms with Gasteiger partial charge in [-0.15, -0.1) is 17.9 Å². The van der Waals surface area contributed by atoms with Crippen molar-refractivity contribution in [3.8, 4) is 0 Å². The van der Waals surface area contributed by atoms with Crippen molar-refractivity contribution in [3.63, 3.8) is 0 Å². The predicted molar refractivity (Wildman–Crippen MR) is 71.8 cm³/mol. The van der Waals surface area contributed by atoms with Gasteiger partial charge in [0, 0.05) is 18.0 Å². The van der Waals surface area contributed by atoms with Gasteiger partial charge in [-0.2, -0.15) is 0 Å². The van der Waals surface area contributed by atoms with E-state index in [1.807, 2.05) is 6.08 Å². The van der Waals surface area contributed by atoms with E-state index in [4.69, 9.17) is 0 Å². The van der Waals surface area contributed by atoms with Crippen molar-refractivity contribution in [3.05, 3.63) is 28.7 Å². The normalized spacial score (nSPS) is 14.7. The van der Waals surface area contributed by atoms with E-state index < -0.39 is 0 Å². The van der Waals surface area contributed by atoms with Crippen LogP contribution in [0.5, 0.6) is 0 Å². The van der Waals surface area contributed by atoms with Gasteiger partial charge in [0.15, 0.2) is 0 Å². The van der Waals surface area contributed by atoms with Gasteiger partial charge >= 0.3 is 0 Å². The minimum Gasteiger partial charge on any atom is -0.308 e. The van der Waals surface area contributed by atoms with Crippen LogP contribution in [0.15, 0.2) is 18.0 Å². The first-order valence-corrected chi connectivity index (χ1v) is 6.82. The zero-order valence-corrected chi connectivity index (χ0v) is 11.3. The summed E-state index contributed by atoms with van der Waals surface area (Å²) in [5, 5.41) is 6.89. The van der Waals surface area contributed by atoms with E-state index in [1.54, 1.807) is 11.3 Å². The molecule has 2 atom stereocenters. The number of allylic oxidation sites excluding steroid dienone is 1. The Morgan fingerprint density at radius 2 is 2.31 bits per heavy atom. The first-order valence-electron chi connectivity index (χ1n) is 5.94. The maximum Gasteiger partial charge on any atom is 0.0926 e. The topological polar surface area (TPSA) is 24.9 Å². The molecule has 0 amide bonds. The molecule has 0 fully saturated rings. The highest BCUT2D eigenvalue weighted by molar-refractivity contribution is 7.09. The Kier molecular flexibility index (Phi) is 5.71. The Balaban J connectivity index is 2.35. The number of thiazole rings is 1. The van der Waals surface area contributed by atoms with E-state index in [1.165, 1.54) is 10.7 Å². The SMILES string of the molecule is C=CCC(C)C(C)NCc1csc(CC)n1. The summed E-state index contributed by atoms with van der Waals surface area (Å²) < 4.78 is 0. The van der Waals surface area contributed by atoms with Gasteiger partial charge in [0.05, 0.1) is 10.7 Å². The molecule has 1 rings (SSSR count). The Morgan fingerprint density at radius 3 is 2.88 bits per heavy atom. The quantitative estimate of drug-likeness (QED) is 0.736. The zero-order valence-electron chi connectivity index (χ0n) is 10.5. The van der Waals surface area contributed by atoms with Crippen molar-refractivity contribution in [2.45, 2.75) is 46.2 Å². The summed E-state index contributed by atoms with van der Waals surface area (Å²) in [6.07, 6.45) is 4.08. The number of nitrogens with zero attached hydrogens (tertiary/aromatic N) is 1. The molecule has 2 unspecified atom stereocenters. The maximum atomic E-state index is 4.54. The molecule has 0 aliphatic heterocycles. The monoisotopic (exact) mass is 238 g/mol. The molecule has 1 N–H and O–H groups in total. The van der Waals surface area contributed by atoms with Gasteiger partial charge < -0.3 is 5.32 Å². The van der Waals surface area contributed by atoms with E-state index >= 15 is 0 Å². The molecule has 3 heteroatoms. The maximum absolute atomic E-state index is 4.54. The van der Waals surface area contributed by atoms with Gasteiger partial charge in [0.2, 0.25) is 0 Å². The first kappa shape index (κ1) is 13.4. The van der Waals surface area contributed by atoms with Crippen LogP contribution in [0.2, 0.25) is 0 Å². The molecule has 1 aromatic rings. The minimum absolute atomic E-state index is 0.504. The minimum atomic E-state index is 0.504. The van der Waals surface area contributed by atoms with E-state index in [-0.39, 0.29) is 0 Å². The first-order chi connectivity index (χ1) is 7.67. The summed E-state index contributed by atoms with van der Waals surface area (Å²) in [7, 11) is 0. The standard InChI is InChI=1S/C13H22N2S/c1-5-7-10(3)11(4)14-8-12-9-16-13(6-2)15-12/h5,9-11,14H,1,6-8H2,2-4H3. The van der Waals surface area contributed by atoms with Gasteiger partial charge in [-0.25, -0.2) is 4.98 Å². The highest BCUT2D eigenvalue weighted by Gasteiger charge is 2.10. The van der Waals surface area contributed by atoms with Crippen LogP contribution in [0.3, 0.4) is 0 Å². The second-order valence-electron chi connectivity index (χ2n) is 4.26. The Bertz CT molecular complexity index is 319. The summed E-state index contributed by atoms with van der Waals surface area (Å²) in [5.74, 6) is 0.627. The summed E-state index contributed by atoms with van der Waals surface area (Å²) in [6, 6.07) is 0.504. The van der Waals surface area contributed by atoms with Crippen LogP contribution < -0.4 is 5.32 Å².